The predicted molar refractivity (Wildman–Crippen MR) is 171 cm³/mol. The van der Waals surface area contributed by atoms with Crippen LogP contribution >= 0.6 is 0 Å². The quantitative estimate of drug-likeness (QED) is 0.218. The molecule has 1 heterocycles. The molecule has 3 aliphatic rings. The summed E-state index contributed by atoms with van der Waals surface area (Å²) in [6.07, 6.45) is 11.8. The fourth-order valence-corrected chi connectivity index (χ4v) is 7.49. The highest BCUT2D eigenvalue weighted by Crippen LogP contribution is 2.46. The van der Waals surface area contributed by atoms with Gasteiger partial charge in [0.25, 0.3) is 0 Å². The lowest BCUT2D eigenvalue weighted by molar-refractivity contribution is 0.687. The second-order valence-corrected chi connectivity index (χ2v) is 11.2. The molecular weight excluding hydrogens is 494 g/mol. The number of hydrogen-bond donors (Lipinski definition) is 0. The van der Waals surface area contributed by atoms with Gasteiger partial charge in [0.2, 0.25) is 0 Å². The number of allylic oxidation sites excluding steroid dienone is 5. The largest absolute Gasteiger partial charge is 0.308 e. The minimum Gasteiger partial charge on any atom is -0.308 e. The van der Waals surface area contributed by atoms with Gasteiger partial charge in [-0.15, -0.1) is 0 Å². The van der Waals surface area contributed by atoms with Crippen LogP contribution in [0.3, 0.4) is 0 Å². The van der Waals surface area contributed by atoms with E-state index >= 15 is 0 Å². The molecule has 0 amide bonds. The monoisotopic (exact) mass is 521 g/mol. The molecule has 2 atom stereocenters. The molecule has 5 aromatic carbocycles. The van der Waals surface area contributed by atoms with Crippen molar-refractivity contribution in [2.24, 2.45) is 11.8 Å². The van der Waals surface area contributed by atoms with E-state index in [0.29, 0.717) is 0 Å². The van der Waals surface area contributed by atoms with Gasteiger partial charge in [0.1, 0.15) is 0 Å². The summed E-state index contributed by atoms with van der Waals surface area (Å²) in [5, 5.41) is 6.55. The number of rotatable bonds is 2. The Morgan fingerprint density at radius 1 is 0.561 bits per heavy atom. The molecule has 1 heteroatoms. The highest BCUT2D eigenvalue weighted by Gasteiger charge is 2.37. The molecule has 3 aliphatic carbocycles. The molecule has 192 valence electrons. The molecule has 0 fully saturated rings. The topological polar surface area (TPSA) is 4.93 Å². The molecule has 41 heavy (non-hydrogen) atoms. The number of fused-ring (bicyclic) bond motifs is 9. The van der Waals surface area contributed by atoms with Gasteiger partial charge in [-0.3, -0.25) is 0 Å². The Bertz CT molecular complexity index is 2250. The average Bonchev–Trinajstić information content (AvgIpc) is 3.39. The number of hydrogen-bond acceptors (Lipinski definition) is 0. The van der Waals surface area contributed by atoms with Gasteiger partial charge in [-0.05, 0) is 50.9 Å². The van der Waals surface area contributed by atoms with Crippen molar-refractivity contribution >= 4 is 38.4 Å². The van der Waals surface area contributed by atoms with Crippen LogP contribution in [-0.2, 0) is 0 Å². The van der Waals surface area contributed by atoms with Crippen molar-refractivity contribution in [1.29, 1.82) is 0 Å². The number of para-hydroxylation sites is 1. The molecule has 0 saturated heterocycles. The third kappa shape index (κ3) is 3.18. The predicted octanol–water partition coefficient (Wildman–Crippen LogP) is 7.95. The summed E-state index contributed by atoms with van der Waals surface area (Å²) in [5.41, 5.74) is 10.6. The van der Waals surface area contributed by atoms with E-state index in [1.807, 2.05) is 0 Å². The molecule has 6 aromatic rings. The van der Waals surface area contributed by atoms with Crippen LogP contribution in [0.2, 0.25) is 0 Å². The van der Waals surface area contributed by atoms with Crippen molar-refractivity contribution in [2.75, 3.05) is 0 Å². The van der Waals surface area contributed by atoms with Crippen LogP contribution in [-0.4, -0.2) is 4.57 Å². The molecule has 9 rings (SSSR count). The first kappa shape index (κ1) is 22.7. The summed E-state index contributed by atoms with van der Waals surface area (Å²) in [6.45, 7) is 0. The van der Waals surface area contributed by atoms with Crippen molar-refractivity contribution in [3.05, 3.63) is 179 Å². The third-order valence-electron chi connectivity index (χ3n) is 9.15. The van der Waals surface area contributed by atoms with Crippen molar-refractivity contribution in [3.63, 3.8) is 0 Å². The van der Waals surface area contributed by atoms with Crippen LogP contribution in [0.4, 0.5) is 0 Å². The first-order chi connectivity index (χ1) is 20.4. The Morgan fingerprint density at radius 3 is 2.20 bits per heavy atom. The molecular formula is C40H27N. The minimum atomic E-state index is 0.246. The molecule has 1 nitrogen and oxygen atoms in total. The Labute approximate surface area is 239 Å². The Kier molecular flexibility index (Phi) is 4.80. The first-order valence-corrected chi connectivity index (χ1v) is 14.5. The lowest BCUT2D eigenvalue weighted by Gasteiger charge is -2.36. The van der Waals surface area contributed by atoms with Gasteiger partial charge in [-0.1, -0.05) is 140 Å². The summed E-state index contributed by atoms with van der Waals surface area (Å²) in [5.74, 6) is 0.503. The molecule has 1 aromatic heterocycles. The fourth-order valence-electron chi connectivity index (χ4n) is 7.49. The summed E-state index contributed by atoms with van der Waals surface area (Å²) in [6, 6.07) is 44.4. The van der Waals surface area contributed by atoms with E-state index < -0.39 is 0 Å². The van der Waals surface area contributed by atoms with Crippen molar-refractivity contribution < 1.29 is 0 Å². The third-order valence-corrected chi connectivity index (χ3v) is 9.15. The van der Waals surface area contributed by atoms with Crippen molar-refractivity contribution in [2.45, 2.75) is 0 Å². The number of nitrogens with zero attached hydrogens (tertiary/aromatic N) is 1. The lowest BCUT2D eigenvalue weighted by Crippen LogP contribution is -2.42. The second-order valence-electron chi connectivity index (χ2n) is 11.2. The van der Waals surface area contributed by atoms with E-state index in [1.165, 1.54) is 71.3 Å². The van der Waals surface area contributed by atoms with Crippen LogP contribution in [0, 0.1) is 11.8 Å². The summed E-state index contributed by atoms with van der Waals surface area (Å²) < 4.78 is 2.54. The van der Waals surface area contributed by atoms with Crippen LogP contribution in [0.5, 0.6) is 0 Å². The van der Waals surface area contributed by atoms with Gasteiger partial charge >= 0.3 is 0 Å². The first-order valence-electron chi connectivity index (χ1n) is 14.5. The summed E-state index contributed by atoms with van der Waals surface area (Å²) in [4.78, 5) is 0. The van der Waals surface area contributed by atoms with Crippen molar-refractivity contribution in [1.82, 2.24) is 4.57 Å². The van der Waals surface area contributed by atoms with Gasteiger partial charge in [-0.2, -0.15) is 0 Å². The molecule has 2 unspecified atom stereocenters. The molecule has 0 N–H and O–H groups in total. The van der Waals surface area contributed by atoms with Crippen LogP contribution < -0.4 is 10.6 Å². The Hall–Kier alpha value is -5.14. The molecule has 0 bridgehead atoms. The maximum Gasteiger partial charge on any atom is 0.0582 e. The molecule has 0 spiro atoms. The van der Waals surface area contributed by atoms with E-state index in [0.717, 1.165) is 0 Å². The van der Waals surface area contributed by atoms with Crippen molar-refractivity contribution in [3.8, 4) is 5.69 Å². The Balaban J connectivity index is 1.50. The van der Waals surface area contributed by atoms with Crippen LogP contribution in [0.15, 0.2) is 152 Å². The Morgan fingerprint density at radius 2 is 1.29 bits per heavy atom. The van der Waals surface area contributed by atoms with E-state index in [2.05, 4.69) is 156 Å². The average molecular weight is 522 g/mol. The maximum atomic E-state index is 2.55. The zero-order chi connectivity index (χ0) is 26.9. The zero-order valence-electron chi connectivity index (χ0n) is 22.5. The maximum absolute atomic E-state index is 2.55. The van der Waals surface area contributed by atoms with E-state index in [-0.39, 0.29) is 11.8 Å². The summed E-state index contributed by atoms with van der Waals surface area (Å²) in [7, 11) is 0. The zero-order valence-corrected chi connectivity index (χ0v) is 22.5. The van der Waals surface area contributed by atoms with E-state index in [1.54, 1.807) is 0 Å². The lowest BCUT2D eigenvalue weighted by atomic mass is 9.67. The van der Waals surface area contributed by atoms with E-state index in [4.69, 9.17) is 0 Å². The van der Waals surface area contributed by atoms with Gasteiger partial charge in [0.15, 0.2) is 0 Å². The van der Waals surface area contributed by atoms with Crippen LogP contribution in [0.25, 0.3) is 44.1 Å². The highest BCUT2D eigenvalue weighted by molar-refractivity contribution is 5.99. The fraction of sp³-hybridized carbons (Fsp3) is 0.0500. The van der Waals surface area contributed by atoms with E-state index in [9.17, 15) is 0 Å². The van der Waals surface area contributed by atoms with Gasteiger partial charge in [-0.25, -0.2) is 0 Å². The normalized spacial score (nSPS) is 18.6. The number of aromatic nitrogens is 1. The number of benzene rings is 5. The second kappa shape index (κ2) is 8.68. The SMILES string of the molecule is C1=CC2=c3c(c4ccccc4n3-c3cccc4ccccc34)=C3c4ccccc4C(c4ccccc4)=CC3C2C=C1. The minimum absolute atomic E-state index is 0.246. The smallest absolute Gasteiger partial charge is 0.0582 e. The van der Waals surface area contributed by atoms with Crippen LogP contribution in [0.1, 0.15) is 16.7 Å². The van der Waals surface area contributed by atoms with Gasteiger partial charge < -0.3 is 4.57 Å². The molecule has 0 saturated carbocycles. The standard InChI is InChI=1S/C40H27N/c1-2-13-27(14-3-1)34-25-35-30-19-7-9-21-32(30)40-39(38(35)31-20-8-6-18-29(31)34)33-22-10-11-23-37(33)41(40)36-24-12-16-26-15-4-5-17-28(26)36/h1-25,30,35H. The van der Waals surface area contributed by atoms with Gasteiger partial charge in [0, 0.05) is 27.8 Å². The summed E-state index contributed by atoms with van der Waals surface area (Å²) >= 11 is 0. The highest BCUT2D eigenvalue weighted by atomic mass is 15.0. The molecule has 0 radical (unpaired) electrons. The molecule has 0 aliphatic heterocycles. The van der Waals surface area contributed by atoms with Gasteiger partial charge in [0.05, 0.1) is 16.6 Å².